The van der Waals surface area contributed by atoms with Gasteiger partial charge in [-0.1, -0.05) is 18.2 Å². The molecule has 2 heterocycles. The number of alkyl carbamates (subject to hydrolysis) is 1. The van der Waals surface area contributed by atoms with Crippen molar-refractivity contribution in [2.24, 2.45) is 0 Å². The number of carbonyl (C=O) groups excluding carboxylic acids is 2. The van der Waals surface area contributed by atoms with Crippen molar-refractivity contribution in [2.45, 2.75) is 33.3 Å². The van der Waals surface area contributed by atoms with Crippen LogP contribution >= 0.6 is 0 Å². The van der Waals surface area contributed by atoms with Crippen LogP contribution in [0, 0.1) is 0 Å². The molecule has 174 valence electrons. The number of para-hydroxylation sites is 1. The molecule has 2 aromatic rings. The Hall–Kier alpha value is -4.01. The summed E-state index contributed by atoms with van der Waals surface area (Å²) < 4.78 is 22.0. The van der Waals surface area contributed by atoms with Gasteiger partial charge in [0.1, 0.15) is 29.8 Å². The topological polar surface area (TPSA) is 108 Å². The van der Waals surface area contributed by atoms with Crippen molar-refractivity contribution >= 4 is 12.2 Å². The lowest BCUT2D eigenvalue weighted by atomic mass is 9.90. The van der Waals surface area contributed by atoms with Gasteiger partial charge in [-0.2, -0.15) is 0 Å². The maximum atomic E-state index is 12.3. The predicted octanol–water partition coefficient (Wildman–Crippen LogP) is 4.34. The Labute approximate surface area is 192 Å². The number of amides is 1. The number of carbonyl (C=O) groups is 2. The number of nitrogens with zero attached hydrogens (tertiary/aromatic N) is 1. The minimum Gasteiger partial charge on any atom is -0.489 e. The maximum Gasteiger partial charge on any atom is 0.513 e. The number of dihydropyridines is 1. The van der Waals surface area contributed by atoms with E-state index in [4.69, 9.17) is 18.9 Å². The van der Waals surface area contributed by atoms with Gasteiger partial charge in [0, 0.05) is 24.5 Å². The van der Waals surface area contributed by atoms with E-state index in [2.05, 4.69) is 15.6 Å². The number of rotatable bonds is 7. The summed E-state index contributed by atoms with van der Waals surface area (Å²) >= 11 is 0. The average molecular weight is 453 g/mol. The van der Waals surface area contributed by atoms with Crippen LogP contribution in [0.4, 0.5) is 9.59 Å². The highest BCUT2D eigenvalue weighted by molar-refractivity contribution is 5.70. The number of allylic oxidation sites excluding steroid dienone is 2. The van der Waals surface area contributed by atoms with Crippen LogP contribution in [0.2, 0.25) is 0 Å². The van der Waals surface area contributed by atoms with Crippen molar-refractivity contribution in [3.63, 3.8) is 0 Å². The van der Waals surface area contributed by atoms with Gasteiger partial charge in [0.15, 0.2) is 0 Å². The number of hydrogen-bond donors (Lipinski definition) is 2. The number of hydrogen-bond acceptors (Lipinski definition) is 8. The van der Waals surface area contributed by atoms with E-state index >= 15 is 0 Å². The number of ether oxygens (including phenoxy) is 4. The van der Waals surface area contributed by atoms with Crippen LogP contribution in [0.5, 0.6) is 5.75 Å². The van der Waals surface area contributed by atoms with Crippen LogP contribution in [-0.4, -0.2) is 30.9 Å². The first-order chi connectivity index (χ1) is 15.9. The number of benzene rings is 1. The summed E-state index contributed by atoms with van der Waals surface area (Å²) in [5.41, 5.74) is 2.78. The summed E-state index contributed by atoms with van der Waals surface area (Å²) in [4.78, 5) is 28.4. The lowest BCUT2D eigenvalue weighted by Gasteiger charge is -2.31. The first-order valence-electron chi connectivity index (χ1n) is 10.4. The second kappa shape index (κ2) is 11.0. The molecule has 1 unspecified atom stereocenters. The molecule has 3 rings (SSSR count). The zero-order valence-electron chi connectivity index (χ0n) is 19.0. The van der Waals surface area contributed by atoms with E-state index in [0.29, 0.717) is 35.9 Å². The highest BCUT2D eigenvalue weighted by Crippen LogP contribution is 2.43. The van der Waals surface area contributed by atoms with Gasteiger partial charge in [0.25, 0.3) is 0 Å². The lowest BCUT2D eigenvalue weighted by molar-refractivity contribution is 0.0886. The largest absolute Gasteiger partial charge is 0.513 e. The number of pyridine rings is 1. The standard InChI is InChI=1S/C24H27N3O6/c1-5-26-23(28)32-21-15(2)27-16(3)22(33-24(29)30-4)20(21)18-8-6-7-9-19(18)31-14-17-10-12-25-13-11-17/h6-13,20,27H,5,14H2,1-4H3,(H,26,28). The Kier molecular flexibility index (Phi) is 7.91. The Morgan fingerprint density at radius 3 is 2.36 bits per heavy atom. The molecule has 33 heavy (non-hydrogen) atoms. The summed E-state index contributed by atoms with van der Waals surface area (Å²) in [6, 6.07) is 11.0. The molecule has 1 aromatic heterocycles. The van der Waals surface area contributed by atoms with E-state index in [0.717, 1.165) is 5.56 Å². The molecule has 0 saturated heterocycles. The van der Waals surface area contributed by atoms with Gasteiger partial charge >= 0.3 is 12.2 Å². The molecule has 1 aliphatic heterocycles. The van der Waals surface area contributed by atoms with E-state index in [1.807, 2.05) is 36.4 Å². The van der Waals surface area contributed by atoms with E-state index in [1.54, 1.807) is 33.2 Å². The van der Waals surface area contributed by atoms with Crippen molar-refractivity contribution in [3.05, 3.63) is 82.8 Å². The smallest absolute Gasteiger partial charge is 0.489 e. The first kappa shape index (κ1) is 23.6. The van der Waals surface area contributed by atoms with Gasteiger partial charge in [-0.25, -0.2) is 9.59 Å². The molecular formula is C24H27N3O6. The molecule has 1 aliphatic rings. The van der Waals surface area contributed by atoms with Gasteiger partial charge in [-0.05, 0) is 44.5 Å². The predicted molar refractivity (Wildman–Crippen MR) is 120 cm³/mol. The van der Waals surface area contributed by atoms with Crippen molar-refractivity contribution in [3.8, 4) is 5.75 Å². The van der Waals surface area contributed by atoms with Crippen LogP contribution < -0.4 is 15.4 Å². The Balaban J connectivity index is 2.04. The van der Waals surface area contributed by atoms with Crippen LogP contribution in [0.15, 0.2) is 71.7 Å². The molecule has 0 fully saturated rings. The molecule has 9 nitrogen and oxygen atoms in total. The van der Waals surface area contributed by atoms with E-state index in [-0.39, 0.29) is 11.5 Å². The van der Waals surface area contributed by atoms with Gasteiger partial charge < -0.3 is 29.6 Å². The van der Waals surface area contributed by atoms with Crippen molar-refractivity contribution in [2.75, 3.05) is 13.7 Å². The third kappa shape index (κ3) is 5.82. The molecule has 1 amide bonds. The monoisotopic (exact) mass is 453 g/mol. The second-order valence-electron chi connectivity index (χ2n) is 7.19. The SMILES string of the molecule is CCNC(=O)OC1=C(C)NC(C)=C(OC(=O)OC)C1c1ccccc1OCc1ccncc1. The molecule has 0 bridgehead atoms. The molecule has 2 N–H and O–H groups in total. The maximum absolute atomic E-state index is 12.3. The summed E-state index contributed by atoms with van der Waals surface area (Å²) in [5.74, 6) is 0.337. The minimum atomic E-state index is -0.886. The zero-order valence-corrected chi connectivity index (χ0v) is 19.0. The Bertz CT molecular complexity index is 1060. The average Bonchev–Trinajstić information content (AvgIpc) is 2.82. The Morgan fingerprint density at radius 1 is 1.03 bits per heavy atom. The molecule has 0 saturated carbocycles. The molecule has 9 heteroatoms. The fourth-order valence-corrected chi connectivity index (χ4v) is 3.41. The van der Waals surface area contributed by atoms with Gasteiger partial charge in [-0.3, -0.25) is 4.98 Å². The molecule has 1 aromatic carbocycles. The first-order valence-corrected chi connectivity index (χ1v) is 10.4. The fourth-order valence-electron chi connectivity index (χ4n) is 3.41. The molecule has 0 aliphatic carbocycles. The Morgan fingerprint density at radius 2 is 1.70 bits per heavy atom. The van der Waals surface area contributed by atoms with Gasteiger partial charge in [0.05, 0.1) is 18.5 Å². The molecular weight excluding hydrogens is 426 g/mol. The van der Waals surface area contributed by atoms with E-state index < -0.39 is 18.2 Å². The van der Waals surface area contributed by atoms with Crippen LogP contribution in [0.3, 0.4) is 0 Å². The van der Waals surface area contributed by atoms with E-state index in [1.165, 1.54) is 7.11 Å². The second-order valence-corrected chi connectivity index (χ2v) is 7.19. The highest BCUT2D eigenvalue weighted by atomic mass is 16.7. The van der Waals surface area contributed by atoms with Crippen LogP contribution in [-0.2, 0) is 20.8 Å². The number of nitrogens with one attached hydrogen (secondary N) is 2. The fraction of sp³-hybridized carbons (Fsp3) is 0.292. The normalized spacial score (nSPS) is 15.5. The van der Waals surface area contributed by atoms with Gasteiger partial charge in [0.2, 0.25) is 0 Å². The third-order valence-corrected chi connectivity index (χ3v) is 4.90. The summed E-state index contributed by atoms with van der Waals surface area (Å²) in [7, 11) is 1.22. The third-order valence-electron chi connectivity index (χ3n) is 4.90. The highest BCUT2D eigenvalue weighted by Gasteiger charge is 2.36. The van der Waals surface area contributed by atoms with Crippen LogP contribution in [0.1, 0.15) is 37.8 Å². The molecule has 1 atom stereocenters. The van der Waals surface area contributed by atoms with Crippen molar-refractivity contribution in [1.82, 2.24) is 15.6 Å². The quantitative estimate of drug-likeness (QED) is 0.596. The molecule has 0 spiro atoms. The van der Waals surface area contributed by atoms with Gasteiger partial charge in [-0.15, -0.1) is 0 Å². The number of methoxy groups -OCH3 is 1. The summed E-state index contributed by atoms with van der Waals surface area (Å²) in [6.07, 6.45) is 1.88. The zero-order chi connectivity index (χ0) is 23.8. The number of aromatic nitrogens is 1. The van der Waals surface area contributed by atoms with E-state index in [9.17, 15) is 9.59 Å². The van der Waals surface area contributed by atoms with Crippen molar-refractivity contribution < 1.29 is 28.5 Å². The lowest BCUT2D eigenvalue weighted by Crippen LogP contribution is -2.32. The van der Waals surface area contributed by atoms with Crippen molar-refractivity contribution in [1.29, 1.82) is 0 Å². The minimum absolute atomic E-state index is 0.242. The molecule has 0 radical (unpaired) electrons. The summed E-state index contributed by atoms with van der Waals surface area (Å²) in [5, 5.41) is 5.72. The van der Waals surface area contributed by atoms with Crippen LogP contribution in [0.25, 0.3) is 0 Å². The summed E-state index contributed by atoms with van der Waals surface area (Å²) in [6.45, 7) is 6.03.